The highest BCUT2D eigenvalue weighted by Gasteiger charge is 2.45. The van der Waals surface area contributed by atoms with Crippen LogP contribution in [-0.2, 0) is 0 Å². The van der Waals surface area contributed by atoms with E-state index in [0.29, 0.717) is 16.5 Å². The van der Waals surface area contributed by atoms with Crippen LogP contribution in [0.25, 0.3) is 10.7 Å². The molecule has 2 N–H and O–H groups in total. The molecule has 3 heterocycles. The van der Waals surface area contributed by atoms with Crippen LogP contribution in [0, 0.1) is 11.8 Å². The van der Waals surface area contributed by atoms with Gasteiger partial charge in [-0.3, -0.25) is 5.32 Å². The third kappa shape index (κ3) is 2.42. The summed E-state index contributed by atoms with van der Waals surface area (Å²) in [4.78, 5) is 25.9. The number of aromatic nitrogens is 3. The number of fused-ring (bicyclic) bond motifs is 1. The maximum absolute atomic E-state index is 10.6. The minimum atomic E-state index is -1.12. The Balaban J connectivity index is 1.50. The number of amides is 1. The fraction of sp³-hybridized carbons (Fsp3) is 0.385. The predicted molar refractivity (Wildman–Crippen MR) is 78.6 cm³/mol. The summed E-state index contributed by atoms with van der Waals surface area (Å²) >= 11 is 1.34. The molecule has 108 valence electrons. The van der Waals surface area contributed by atoms with E-state index in [1.54, 1.807) is 17.8 Å². The molecule has 1 saturated heterocycles. The lowest BCUT2D eigenvalue weighted by Crippen LogP contribution is -2.22. The van der Waals surface area contributed by atoms with Crippen LogP contribution >= 0.6 is 11.3 Å². The Morgan fingerprint density at radius 1 is 1.33 bits per heavy atom. The summed E-state index contributed by atoms with van der Waals surface area (Å²) in [5.74, 6) is 2.93. The van der Waals surface area contributed by atoms with Gasteiger partial charge in [-0.25, -0.2) is 19.7 Å². The van der Waals surface area contributed by atoms with Crippen LogP contribution in [0.2, 0.25) is 0 Å². The summed E-state index contributed by atoms with van der Waals surface area (Å²) in [6, 6.07) is 0. The molecular weight excluding hydrogens is 290 g/mol. The van der Waals surface area contributed by atoms with Gasteiger partial charge >= 0.3 is 6.09 Å². The van der Waals surface area contributed by atoms with Crippen LogP contribution in [0.1, 0.15) is 6.42 Å². The predicted octanol–water partition coefficient (Wildman–Crippen LogP) is 2.15. The Morgan fingerprint density at radius 2 is 2.14 bits per heavy atom. The quantitative estimate of drug-likeness (QED) is 0.902. The Kier molecular flexibility index (Phi) is 2.78. The lowest BCUT2D eigenvalue weighted by Gasteiger charge is -2.18. The normalized spacial score (nSPS) is 23.0. The highest BCUT2D eigenvalue weighted by Crippen LogP contribution is 2.45. The highest BCUT2D eigenvalue weighted by atomic mass is 32.1. The van der Waals surface area contributed by atoms with Crippen molar-refractivity contribution in [1.82, 2.24) is 15.0 Å². The first-order valence-electron chi connectivity index (χ1n) is 6.72. The van der Waals surface area contributed by atoms with Gasteiger partial charge in [0.05, 0.1) is 12.4 Å². The van der Waals surface area contributed by atoms with E-state index in [1.165, 1.54) is 17.8 Å². The first-order valence-corrected chi connectivity index (χ1v) is 7.60. The molecule has 0 aromatic carbocycles. The topological polar surface area (TPSA) is 91.2 Å². The maximum atomic E-state index is 10.6. The number of piperidine rings is 1. The molecule has 1 aliphatic carbocycles. The molecule has 0 radical (unpaired) electrons. The van der Waals surface area contributed by atoms with Crippen molar-refractivity contribution in [3.63, 3.8) is 0 Å². The Hall–Kier alpha value is -2.22. The van der Waals surface area contributed by atoms with Crippen LogP contribution in [-0.4, -0.2) is 39.2 Å². The number of nitrogens with one attached hydrogen (secondary N) is 1. The number of nitrogens with zero attached hydrogens (tertiary/aromatic N) is 4. The third-order valence-corrected chi connectivity index (χ3v) is 4.76. The van der Waals surface area contributed by atoms with Crippen molar-refractivity contribution in [2.45, 2.75) is 6.42 Å². The largest absolute Gasteiger partial charge is 0.465 e. The van der Waals surface area contributed by atoms with Gasteiger partial charge in [0.1, 0.15) is 22.3 Å². The van der Waals surface area contributed by atoms with Crippen LogP contribution < -0.4 is 10.2 Å². The summed E-state index contributed by atoms with van der Waals surface area (Å²) in [7, 11) is 0. The molecule has 0 bridgehead atoms. The number of hydrogen-bond acceptors (Lipinski definition) is 6. The smallest absolute Gasteiger partial charge is 0.410 e. The van der Waals surface area contributed by atoms with Gasteiger partial charge in [-0.2, -0.15) is 0 Å². The molecule has 2 unspecified atom stereocenters. The first-order chi connectivity index (χ1) is 10.2. The van der Waals surface area contributed by atoms with E-state index in [0.717, 1.165) is 30.7 Å². The van der Waals surface area contributed by atoms with E-state index in [2.05, 4.69) is 25.2 Å². The number of thiazole rings is 1. The summed E-state index contributed by atoms with van der Waals surface area (Å²) < 4.78 is 0. The molecule has 0 spiro atoms. The maximum Gasteiger partial charge on any atom is 0.410 e. The van der Waals surface area contributed by atoms with Crippen molar-refractivity contribution in [2.75, 3.05) is 23.3 Å². The highest BCUT2D eigenvalue weighted by molar-refractivity contribution is 7.13. The fourth-order valence-corrected chi connectivity index (χ4v) is 3.45. The Morgan fingerprint density at radius 3 is 2.81 bits per heavy atom. The molecule has 2 aromatic heterocycles. The van der Waals surface area contributed by atoms with Crippen molar-refractivity contribution in [3.05, 3.63) is 17.8 Å². The van der Waals surface area contributed by atoms with Crippen molar-refractivity contribution in [2.24, 2.45) is 11.8 Å². The second kappa shape index (κ2) is 4.66. The van der Waals surface area contributed by atoms with Crippen molar-refractivity contribution >= 4 is 29.1 Å². The number of carboxylic acid groups (broad SMARTS) is 1. The zero-order valence-corrected chi connectivity index (χ0v) is 11.9. The SMILES string of the molecule is O=C(O)Nc1csc(-c2cnc(N3CC4CC4C3)cn2)n1. The molecular formula is C13H13N5O2S. The molecule has 2 fully saturated rings. The Labute approximate surface area is 124 Å². The van der Waals surface area contributed by atoms with E-state index in [9.17, 15) is 4.79 Å². The van der Waals surface area contributed by atoms with Crippen molar-refractivity contribution in [3.8, 4) is 10.7 Å². The second-order valence-electron chi connectivity index (χ2n) is 5.39. The van der Waals surface area contributed by atoms with Gasteiger partial charge < -0.3 is 10.0 Å². The molecule has 8 heteroatoms. The molecule has 2 aliphatic rings. The molecule has 2 aromatic rings. The summed E-state index contributed by atoms with van der Waals surface area (Å²) in [5, 5.41) is 13.2. The standard InChI is InChI=1S/C13H13N5O2S/c19-13(20)17-10-6-21-12(16-10)9-2-15-11(3-14-9)18-4-7-1-8(7)5-18/h2-3,6-8,17H,1,4-5H2,(H,19,20). The summed E-state index contributed by atoms with van der Waals surface area (Å²) in [6.45, 7) is 2.17. The van der Waals surface area contributed by atoms with Crippen LogP contribution in [0.3, 0.4) is 0 Å². The zero-order valence-electron chi connectivity index (χ0n) is 11.1. The molecule has 1 saturated carbocycles. The van der Waals surface area contributed by atoms with Crippen molar-refractivity contribution < 1.29 is 9.90 Å². The molecule has 1 amide bonds. The van der Waals surface area contributed by atoms with Crippen LogP contribution in [0.15, 0.2) is 17.8 Å². The van der Waals surface area contributed by atoms with Gasteiger partial charge in [0.2, 0.25) is 0 Å². The van der Waals surface area contributed by atoms with E-state index in [4.69, 9.17) is 5.11 Å². The van der Waals surface area contributed by atoms with Gasteiger partial charge in [0.15, 0.2) is 0 Å². The summed E-state index contributed by atoms with van der Waals surface area (Å²) in [5.41, 5.74) is 0.659. The first kappa shape index (κ1) is 12.5. The van der Waals surface area contributed by atoms with Gasteiger partial charge in [-0.1, -0.05) is 0 Å². The fourth-order valence-electron chi connectivity index (χ4n) is 2.74. The molecule has 21 heavy (non-hydrogen) atoms. The third-order valence-electron chi connectivity index (χ3n) is 3.90. The van der Waals surface area contributed by atoms with E-state index >= 15 is 0 Å². The Bertz CT molecular complexity index is 676. The lowest BCUT2D eigenvalue weighted by atomic mass is 10.4. The average molecular weight is 303 g/mol. The molecule has 4 rings (SSSR count). The molecule has 1 aliphatic heterocycles. The number of carbonyl (C=O) groups is 1. The minimum absolute atomic E-state index is 0.313. The number of anilines is 2. The van der Waals surface area contributed by atoms with Gasteiger partial charge in [-0.05, 0) is 18.3 Å². The van der Waals surface area contributed by atoms with Gasteiger partial charge in [0, 0.05) is 18.5 Å². The number of rotatable bonds is 3. The van der Waals surface area contributed by atoms with E-state index < -0.39 is 6.09 Å². The zero-order chi connectivity index (χ0) is 14.4. The second-order valence-corrected chi connectivity index (χ2v) is 6.25. The van der Waals surface area contributed by atoms with Gasteiger partial charge in [0.25, 0.3) is 0 Å². The van der Waals surface area contributed by atoms with Crippen molar-refractivity contribution in [1.29, 1.82) is 0 Å². The van der Waals surface area contributed by atoms with E-state index in [-0.39, 0.29) is 0 Å². The minimum Gasteiger partial charge on any atom is -0.465 e. The number of hydrogen-bond donors (Lipinski definition) is 2. The van der Waals surface area contributed by atoms with Gasteiger partial charge in [-0.15, -0.1) is 11.3 Å². The average Bonchev–Trinajstić information content (AvgIpc) is 2.88. The van der Waals surface area contributed by atoms with Crippen LogP contribution in [0.4, 0.5) is 16.4 Å². The molecule has 2 atom stereocenters. The molecule has 7 nitrogen and oxygen atoms in total. The monoisotopic (exact) mass is 303 g/mol. The van der Waals surface area contributed by atoms with Crippen LogP contribution in [0.5, 0.6) is 0 Å². The van der Waals surface area contributed by atoms with E-state index in [1.807, 2.05) is 0 Å². The summed E-state index contributed by atoms with van der Waals surface area (Å²) in [6.07, 6.45) is 3.70. The lowest BCUT2D eigenvalue weighted by molar-refractivity contribution is 0.209.